The summed E-state index contributed by atoms with van der Waals surface area (Å²) in [6.07, 6.45) is 3.07. The summed E-state index contributed by atoms with van der Waals surface area (Å²) in [5, 5.41) is 1.79. The van der Waals surface area contributed by atoms with Crippen LogP contribution < -0.4 is 14.9 Å². The highest BCUT2D eigenvalue weighted by molar-refractivity contribution is 7.92. The number of para-hydroxylation sites is 2. The highest BCUT2D eigenvalue weighted by Crippen LogP contribution is 2.27. The molecule has 1 fully saturated rings. The number of hydrogen-bond acceptors (Lipinski definition) is 5. The van der Waals surface area contributed by atoms with Crippen LogP contribution >= 0.6 is 0 Å². The Labute approximate surface area is 163 Å². The monoisotopic (exact) mass is 407 g/mol. The molecule has 1 saturated heterocycles. The van der Waals surface area contributed by atoms with E-state index in [9.17, 15) is 17.6 Å². The molecule has 2 aromatic carbocycles. The number of benzene rings is 2. The first kappa shape index (κ1) is 20.1. The topological polar surface area (TPSA) is 87.7 Å². The number of nitrogens with one attached hydrogen (secondary N) is 2. The van der Waals surface area contributed by atoms with Gasteiger partial charge in [0, 0.05) is 18.7 Å². The maximum atomic E-state index is 14.3. The Balaban J connectivity index is 1.84. The molecule has 2 aromatic rings. The van der Waals surface area contributed by atoms with Gasteiger partial charge in [-0.15, -0.1) is 0 Å². The Hall–Kier alpha value is -2.65. The lowest BCUT2D eigenvalue weighted by molar-refractivity contribution is 0.0749. The van der Waals surface area contributed by atoms with Crippen molar-refractivity contribution in [1.29, 1.82) is 0 Å². The summed E-state index contributed by atoms with van der Waals surface area (Å²) in [7, 11) is -2.86. The average molecular weight is 407 g/mol. The molecule has 7 nitrogen and oxygen atoms in total. The van der Waals surface area contributed by atoms with Gasteiger partial charge in [0.1, 0.15) is 16.5 Å². The minimum Gasteiger partial charge on any atom is -0.495 e. The number of piperidine rings is 1. The van der Waals surface area contributed by atoms with Gasteiger partial charge in [-0.2, -0.15) is 0 Å². The molecule has 0 spiro atoms. The predicted molar refractivity (Wildman–Crippen MR) is 103 cm³/mol. The number of sulfonamides is 1. The number of rotatable bonds is 6. The Morgan fingerprint density at radius 1 is 1.11 bits per heavy atom. The summed E-state index contributed by atoms with van der Waals surface area (Å²) >= 11 is 0. The van der Waals surface area contributed by atoms with E-state index in [4.69, 9.17) is 4.74 Å². The molecule has 1 aliphatic heterocycles. The van der Waals surface area contributed by atoms with E-state index in [-0.39, 0.29) is 11.3 Å². The Morgan fingerprint density at radius 3 is 2.54 bits per heavy atom. The van der Waals surface area contributed by atoms with E-state index >= 15 is 0 Å². The van der Waals surface area contributed by atoms with Gasteiger partial charge in [0.2, 0.25) is 0 Å². The smallest absolute Gasteiger partial charge is 0.265 e. The molecule has 3 rings (SSSR count). The third-order valence-electron chi connectivity index (χ3n) is 4.45. The average Bonchev–Trinajstić information content (AvgIpc) is 2.69. The minimum absolute atomic E-state index is 0.0624. The molecule has 0 unspecified atom stereocenters. The maximum Gasteiger partial charge on any atom is 0.265 e. The van der Waals surface area contributed by atoms with Crippen LogP contribution in [0.3, 0.4) is 0 Å². The lowest BCUT2D eigenvalue weighted by Gasteiger charge is -2.26. The van der Waals surface area contributed by atoms with Crippen molar-refractivity contribution in [1.82, 2.24) is 10.4 Å². The van der Waals surface area contributed by atoms with E-state index in [1.54, 1.807) is 23.2 Å². The lowest BCUT2D eigenvalue weighted by atomic mass is 10.1. The number of anilines is 1. The maximum absolute atomic E-state index is 14.3. The van der Waals surface area contributed by atoms with Crippen molar-refractivity contribution in [2.75, 3.05) is 24.9 Å². The van der Waals surface area contributed by atoms with Crippen molar-refractivity contribution in [2.24, 2.45) is 0 Å². The second-order valence-electron chi connectivity index (χ2n) is 6.44. The number of carbonyl (C=O) groups excluding carboxylic acids is 1. The molecule has 1 amide bonds. The van der Waals surface area contributed by atoms with Crippen LogP contribution in [0.2, 0.25) is 0 Å². The van der Waals surface area contributed by atoms with Crippen LogP contribution in [-0.2, 0) is 10.0 Å². The van der Waals surface area contributed by atoms with E-state index in [1.165, 1.54) is 19.2 Å². The molecule has 0 bridgehead atoms. The van der Waals surface area contributed by atoms with Crippen LogP contribution in [0, 0.1) is 5.82 Å². The Bertz CT molecular complexity index is 959. The second kappa shape index (κ2) is 8.57. The number of carbonyl (C=O) groups is 1. The molecule has 2 N–H and O–H groups in total. The highest BCUT2D eigenvalue weighted by atomic mass is 32.2. The Morgan fingerprint density at radius 2 is 1.82 bits per heavy atom. The van der Waals surface area contributed by atoms with Crippen molar-refractivity contribution in [3.63, 3.8) is 0 Å². The molecule has 0 aliphatic carbocycles. The van der Waals surface area contributed by atoms with E-state index in [1.807, 2.05) is 0 Å². The first-order valence-corrected chi connectivity index (χ1v) is 10.4. The van der Waals surface area contributed by atoms with Crippen LogP contribution in [0.15, 0.2) is 47.4 Å². The number of hydrazine groups is 1. The summed E-state index contributed by atoms with van der Waals surface area (Å²) in [5.74, 6) is -1.13. The second-order valence-corrected chi connectivity index (χ2v) is 8.09. The van der Waals surface area contributed by atoms with Crippen LogP contribution in [0.5, 0.6) is 5.75 Å². The fourth-order valence-electron chi connectivity index (χ4n) is 2.99. The summed E-state index contributed by atoms with van der Waals surface area (Å²) in [6, 6.07) is 9.66. The number of ether oxygens (including phenoxy) is 1. The van der Waals surface area contributed by atoms with Crippen molar-refractivity contribution in [2.45, 2.75) is 24.2 Å². The lowest BCUT2D eigenvalue weighted by Crippen LogP contribution is -2.45. The first-order chi connectivity index (χ1) is 13.4. The molecule has 9 heteroatoms. The van der Waals surface area contributed by atoms with Gasteiger partial charge in [-0.25, -0.2) is 17.8 Å². The minimum atomic E-state index is -4.26. The number of methoxy groups -OCH3 is 1. The van der Waals surface area contributed by atoms with Gasteiger partial charge in [-0.3, -0.25) is 14.9 Å². The summed E-state index contributed by atoms with van der Waals surface area (Å²) in [5.41, 5.74) is 2.97. The van der Waals surface area contributed by atoms with Crippen molar-refractivity contribution in [3.05, 3.63) is 53.8 Å². The SMILES string of the molecule is COc1ccccc1NS(=O)(=O)c1cc(C(=O)NN2CCCCC2)ccc1F. The van der Waals surface area contributed by atoms with E-state index in [0.717, 1.165) is 44.5 Å². The zero-order chi connectivity index (χ0) is 20.1. The van der Waals surface area contributed by atoms with Crippen LogP contribution in [0.25, 0.3) is 0 Å². The quantitative estimate of drug-likeness (QED) is 0.769. The third kappa shape index (κ3) is 4.60. The number of hydrogen-bond donors (Lipinski definition) is 2. The predicted octanol–water partition coefficient (Wildman–Crippen LogP) is 2.77. The molecule has 0 saturated carbocycles. The number of amides is 1. The summed E-state index contributed by atoms with van der Waals surface area (Å²) in [4.78, 5) is 11.8. The van der Waals surface area contributed by atoms with Gasteiger partial charge in [0.25, 0.3) is 15.9 Å². The van der Waals surface area contributed by atoms with Crippen molar-refractivity contribution >= 4 is 21.6 Å². The van der Waals surface area contributed by atoms with Gasteiger partial charge in [0.05, 0.1) is 12.8 Å². The van der Waals surface area contributed by atoms with Crippen LogP contribution in [0.1, 0.15) is 29.6 Å². The largest absolute Gasteiger partial charge is 0.495 e. The van der Waals surface area contributed by atoms with Crippen molar-refractivity contribution < 1.29 is 22.3 Å². The highest BCUT2D eigenvalue weighted by Gasteiger charge is 2.23. The fraction of sp³-hybridized carbons (Fsp3) is 0.316. The third-order valence-corrected chi connectivity index (χ3v) is 5.83. The van der Waals surface area contributed by atoms with Gasteiger partial charge < -0.3 is 4.74 Å². The molecule has 28 heavy (non-hydrogen) atoms. The number of halogens is 1. The molecule has 0 atom stereocenters. The zero-order valence-corrected chi connectivity index (χ0v) is 16.3. The van der Waals surface area contributed by atoms with Crippen LogP contribution in [0.4, 0.5) is 10.1 Å². The van der Waals surface area contributed by atoms with Crippen LogP contribution in [-0.4, -0.2) is 39.5 Å². The normalized spacial score (nSPS) is 15.1. The van der Waals surface area contributed by atoms with Crippen molar-refractivity contribution in [3.8, 4) is 5.75 Å². The first-order valence-electron chi connectivity index (χ1n) is 8.92. The van der Waals surface area contributed by atoms with Gasteiger partial charge in [-0.05, 0) is 43.2 Å². The van der Waals surface area contributed by atoms with E-state index in [2.05, 4.69) is 10.1 Å². The standard InChI is InChI=1S/C19H22FN3O4S/c1-27-17-8-4-3-7-16(17)22-28(25,26)18-13-14(9-10-15(18)20)19(24)21-23-11-5-2-6-12-23/h3-4,7-10,13,22H,2,5-6,11-12H2,1H3,(H,21,24). The summed E-state index contributed by atoms with van der Waals surface area (Å²) in [6.45, 7) is 1.46. The summed E-state index contributed by atoms with van der Waals surface area (Å²) < 4.78 is 47.1. The fourth-order valence-corrected chi connectivity index (χ4v) is 4.17. The molecule has 0 aromatic heterocycles. The molecule has 1 heterocycles. The Kier molecular flexibility index (Phi) is 6.15. The van der Waals surface area contributed by atoms with E-state index < -0.39 is 26.6 Å². The molecule has 1 aliphatic rings. The van der Waals surface area contributed by atoms with Gasteiger partial charge in [-0.1, -0.05) is 18.6 Å². The van der Waals surface area contributed by atoms with Gasteiger partial charge >= 0.3 is 0 Å². The molecular weight excluding hydrogens is 385 g/mol. The zero-order valence-electron chi connectivity index (χ0n) is 15.4. The van der Waals surface area contributed by atoms with E-state index in [0.29, 0.717) is 5.75 Å². The molecule has 150 valence electrons. The molecule has 0 radical (unpaired) electrons. The van der Waals surface area contributed by atoms with Gasteiger partial charge in [0.15, 0.2) is 0 Å². The molecular formula is C19H22FN3O4S. The number of nitrogens with zero attached hydrogens (tertiary/aromatic N) is 1.